The molecule has 174 valence electrons. The van der Waals surface area contributed by atoms with Crippen LogP contribution in [0.2, 0.25) is 5.02 Å². The minimum Gasteiger partial charge on any atom is -0.470 e. The van der Waals surface area contributed by atoms with Gasteiger partial charge in [-0.15, -0.1) is 0 Å². The molecule has 0 radical (unpaired) electrons. The van der Waals surface area contributed by atoms with E-state index in [0.717, 1.165) is 0 Å². The molecular formula is C22H22ClF2N5O3. The lowest BCUT2D eigenvalue weighted by molar-refractivity contribution is -0.00692. The molecule has 1 amide bonds. The molecule has 11 heteroatoms. The maximum absolute atomic E-state index is 13.7. The van der Waals surface area contributed by atoms with Crippen LogP contribution in [-0.2, 0) is 0 Å². The van der Waals surface area contributed by atoms with Gasteiger partial charge in [0.1, 0.15) is 17.1 Å². The molecular weight excluding hydrogens is 456 g/mol. The summed E-state index contributed by atoms with van der Waals surface area (Å²) in [5, 5.41) is 5.76. The fourth-order valence-corrected chi connectivity index (χ4v) is 2.92. The molecule has 3 heterocycles. The maximum atomic E-state index is 13.7. The van der Waals surface area contributed by atoms with Gasteiger partial charge in [0.25, 0.3) is 11.9 Å². The molecule has 0 saturated carbocycles. The van der Waals surface area contributed by atoms with Crippen LogP contribution in [-0.4, -0.2) is 33.4 Å². The summed E-state index contributed by atoms with van der Waals surface area (Å²) in [6.07, 6.45) is 4.29. The Balaban J connectivity index is 1.68. The van der Waals surface area contributed by atoms with E-state index >= 15 is 0 Å². The molecule has 0 aliphatic carbocycles. The molecule has 8 nitrogen and oxygen atoms in total. The van der Waals surface area contributed by atoms with E-state index in [1.54, 1.807) is 26.0 Å². The third-order valence-corrected chi connectivity index (χ3v) is 4.84. The second-order valence-electron chi connectivity index (χ2n) is 7.37. The zero-order valence-electron chi connectivity index (χ0n) is 18.2. The number of nitrogens with one attached hydrogen (secondary N) is 2. The lowest BCUT2D eigenvalue weighted by atomic mass is 10.1. The number of carbonyl (C=O) groups excluding carboxylic acids is 1. The van der Waals surface area contributed by atoms with Crippen LogP contribution >= 0.6 is 11.6 Å². The van der Waals surface area contributed by atoms with Crippen LogP contribution in [0.15, 0.2) is 53.4 Å². The second kappa shape index (κ2) is 9.95. The van der Waals surface area contributed by atoms with E-state index in [1.165, 1.54) is 31.6 Å². The lowest BCUT2D eigenvalue weighted by Crippen LogP contribution is -2.27. The number of hydrogen-bond donors (Lipinski definition) is 2. The Kier molecular flexibility index (Phi) is 7.27. The first-order valence-electron chi connectivity index (χ1n) is 9.83. The molecule has 0 aromatic carbocycles. The molecule has 3 aromatic rings. The van der Waals surface area contributed by atoms with Crippen LogP contribution in [0.4, 0.5) is 20.6 Å². The number of anilines is 2. The molecule has 0 saturated heterocycles. The topological polar surface area (TPSA) is 102 Å². The van der Waals surface area contributed by atoms with Gasteiger partial charge in [-0.05, 0) is 50.1 Å². The standard InChI is InChI=1S/C22H22ClF2N5O3/c1-12(2)22(24,25)11-33-20-17(23)8-16(10-27-20)14(4)29-19(31)15-7-13(3)28-18(9-15)30-21-26-5-6-32-21/h5-10,14H,1,11H2,2-4H3,(H,29,31)(H,26,28,30). The highest BCUT2D eigenvalue weighted by atomic mass is 35.5. The number of rotatable bonds is 9. The Bertz CT molecular complexity index is 1150. The molecule has 3 aromatic heterocycles. The first-order valence-corrected chi connectivity index (χ1v) is 10.2. The number of aryl methyl sites for hydroxylation is 1. The third kappa shape index (κ3) is 6.26. The van der Waals surface area contributed by atoms with Crippen molar-refractivity contribution in [3.63, 3.8) is 0 Å². The molecule has 1 atom stereocenters. The number of carbonyl (C=O) groups is 1. The summed E-state index contributed by atoms with van der Waals surface area (Å²) in [6.45, 7) is 7.02. The number of ether oxygens (including phenoxy) is 1. The van der Waals surface area contributed by atoms with Crippen LogP contribution < -0.4 is 15.4 Å². The largest absolute Gasteiger partial charge is 0.470 e. The van der Waals surface area contributed by atoms with Gasteiger partial charge in [-0.25, -0.2) is 15.0 Å². The summed E-state index contributed by atoms with van der Waals surface area (Å²) >= 11 is 6.15. The number of nitrogens with zero attached hydrogens (tertiary/aromatic N) is 3. The number of halogens is 3. The smallest absolute Gasteiger partial charge is 0.302 e. The van der Waals surface area contributed by atoms with Gasteiger partial charge in [-0.1, -0.05) is 18.2 Å². The van der Waals surface area contributed by atoms with Crippen molar-refractivity contribution >= 4 is 29.3 Å². The number of hydrogen-bond acceptors (Lipinski definition) is 7. The van der Waals surface area contributed by atoms with E-state index in [9.17, 15) is 13.6 Å². The van der Waals surface area contributed by atoms with Gasteiger partial charge in [-0.3, -0.25) is 10.1 Å². The highest BCUT2D eigenvalue weighted by molar-refractivity contribution is 6.31. The number of amides is 1. The van der Waals surface area contributed by atoms with Crippen molar-refractivity contribution in [3.05, 3.63) is 70.9 Å². The molecule has 2 N–H and O–H groups in total. The number of pyridine rings is 2. The van der Waals surface area contributed by atoms with E-state index in [0.29, 0.717) is 22.6 Å². The highest BCUT2D eigenvalue weighted by Gasteiger charge is 2.31. The summed E-state index contributed by atoms with van der Waals surface area (Å²) in [5.74, 6) is -3.30. The molecule has 0 bridgehead atoms. The van der Waals surface area contributed by atoms with E-state index in [1.807, 2.05) is 0 Å². The average molecular weight is 478 g/mol. The lowest BCUT2D eigenvalue weighted by Gasteiger charge is -2.18. The fourth-order valence-electron chi connectivity index (χ4n) is 2.69. The Morgan fingerprint density at radius 3 is 2.73 bits per heavy atom. The molecule has 1 unspecified atom stereocenters. The quantitative estimate of drug-likeness (QED) is 0.406. The SMILES string of the molecule is C=C(C)C(F)(F)COc1ncc(C(C)NC(=O)c2cc(C)nc(Nc3ncco3)c2)cc1Cl. The summed E-state index contributed by atoms with van der Waals surface area (Å²) in [6, 6.07) is 4.46. The van der Waals surface area contributed by atoms with Crippen LogP contribution in [0, 0.1) is 6.92 Å². The van der Waals surface area contributed by atoms with Crippen molar-refractivity contribution in [1.82, 2.24) is 20.3 Å². The second-order valence-corrected chi connectivity index (χ2v) is 7.78. The van der Waals surface area contributed by atoms with Gasteiger partial charge in [0.05, 0.1) is 12.2 Å². The minimum absolute atomic E-state index is 0.0447. The first kappa shape index (κ1) is 24.1. The average Bonchev–Trinajstić information content (AvgIpc) is 3.25. The number of alkyl halides is 2. The monoisotopic (exact) mass is 477 g/mol. The molecule has 0 fully saturated rings. The summed E-state index contributed by atoms with van der Waals surface area (Å²) in [7, 11) is 0. The van der Waals surface area contributed by atoms with Crippen molar-refractivity contribution < 1.29 is 22.7 Å². The molecule has 3 rings (SSSR count). The Morgan fingerprint density at radius 1 is 1.33 bits per heavy atom. The zero-order valence-corrected chi connectivity index (χ0v) is 18.9. The van der Waals surface area contributed by atoms with Crippen molar-refractivity contribution in [2.45, 2.75) is 32.7 Å². The Hall–Kier alpha value is -3.53. The van der Waals surface area contributed by atoms with Crippen LogP contribution in [0.5, 0.6) is 5.88 Å². The van der Waals surface area contributed by atoms with Crippen LogP contribution in [0.1, 0.15) is 41.5 Å². The molecule has 0 aliphatic heterocycles. The summed E-state index contributed by atoms with van der Waals surface area (Å²) < 4.78 is 37.5. The van der Waals surface area contributed by atoms with Crippen LogP contribution in [0.3, 0.4) is 0 Å². The van der Waals surface area contributed by atoms with Gasteiger partial charge < -0.3 is 14.5 Å². The van der Waals surface area contributed by atoms with E-state index in [-0.39, 0.29) is 28.4 Å². The highest BCUT2D eigenvalue weighted by Crippen LogP contribution is 2.29. The molecule has 0 aliphatic rings. The van der Waals surface area contributed by atoms with Gasteiger partial charge >= 0.3 is 5.92 Å². The van der Waals surface area contributed by atoms with Gasteiger partial charge in [-0.2, -0.15) is 8.78 Å². The maximum Gasteiger partial charge on any atom is 0.302 e. The fraction of sp³-hybridized carbons (Fsp3) is 0.273. The molecule has 0 spiro atoms. The molecule has 33 heavy (non-hydrogen) atoms. The minimum atomic E-state index is -3.20. The zero-order chi connectivity index (χ0) is 24.2. The van der Waals surface area contributed by atoms with Crippen LogP contribution in [0.25, 0.3) is 0 Å². The predicted molar refractivity (Wildman–Crippen MR) is 119 cm³/mol. The summed E-state index contributed by atoms with van der Waals surface area (Å²) in [5.41, 5.74) is 1.22. The Morgan fingerprint density at radius 2 is 2.09 bits per heavy atom. The predicted octanol–water partition coefficient (Wildman–Crippen LogP) is 5.25. The van der Waals surface area contributed by atoms with Gasteiger partial charge in [0.2, 0.25) is 5.88 Å². The number of aromatic nitrogens is 3. The van der Waals surface area contributed by atoms with Crippen molar-refractivity contribution in [1.29, 1.82) is 0 Å². The van der Waals surface area contributed by atoms with E-state index in [4.69, 9.17) is 20.8 Å². The Labute approximate surface area is 194 Å². The van der Waals surface area contributed by atoms with Crippen molar-refractivity contribution in [2.24, 2.45) is 0 Å². The van der Waals surface area contributed by atoms with E-state index in [2.05, 4.69) is 32.2 Å². The normalized spacial score (nSPS) is 12.2. The van der Waals surface area contributed by atoms with Gasteiger partial charge in [0.15, 0.2) is 6.61 Å². The van der Waals surface area contributed by atoms with Crippen molar-refractivity contribution in [3.8, 4) is 5.88 Å². The number of oxazole rings is 1. The summed E-state index contributed by atoms with van der Waals surface area (Å²) in [4.78, 5) is 25.1. The van der Waals surface area contributed by atoms with Gasteiger partial charge in [0, 0.05) is 17.5 Å². The first-order chi connectivity index (χ1) is 15.5. The van der Waals surface area contributed by atoms with E-state index < -0.39 is 18.6 Å². The third-order valence-electron chi connectivity index (χ3n) is 4.57. The van der Waals surface area contributed by atoms with Crippen molar-refractivity contribution in [2.75, 3.05) is 11.9 Å².